The van der Waals surface area contributed by atoms with Crippen LogP contribution in [-0.4, -0.2) is 5.84 Å². The maximum absolute atomic E-state index is 5.86. The molecular weight excluding hydrogens is 336 g/mol. The number of halogens is 2. The Morgan fingerprint density at radius 2 is 1.85 bits per heavy atom. The molecule has 0 bridgehead atoms. The predicted molar refractivity (Wildman–Crippen MR) is 92.2 cm³/mol. The molecule has 104 valence electrons. The summed E-state index contributed by atoms with van der Waals surface area (Å²) in [7, 11) is 0. The van der Waals surface area contributed by atoms with Gasteiger partial charge in [0.25, 0.3) is 0 Å². The highest BCUT2D eigenvalue weighted by Gasteiger charge is 1.93. The summed E-state index contributed by atoms with van der Waals surface area (Å²) in [4.78, 5) is 4.34. The van der Waals surface area contributed by atoms with Crippen LogP contribution in [0.4, 0.5) is 0 Å². The van der Waals surface area contributed by atoms with Gasteiger partial charge in [0, 0.05) is 4.47 Å². The normalized spacial score (nSPS) is 11.3. The van der Waals surface area contributed by atoms with Crippen molar-refractivity contribution in [3.63, 3.8) is 0 Å². The molecule has 0 fully saturated rings. The molecule has 2 N–H and O–H groups in total. The first-order valence-electron chi connectivity index (χ1n) is 6.01. The number of amidine groups is 1. The number of benzene rings is 2. The van der Waals surface area contributed by atoms with E-state index in [0.29, 0.717) is 12.4 Å². The molecule has 20 heavy (non-hydrogen) atoms. The van der Waals surface area contributed by atoms with Crippen LogP contribution in [0.3, 0.4) is 0 Å². The average molecular weight is 352 g/mol. The lowest BCUT2D eigenvalue weighted by atomic mass is 10.2. The van der Waals surface area contributed by atoms with E-state index in [1.54, 1.807) is 0 Å². The molecule has 2 rings (SSSR count). The largest absolute Gasteiger partial charge is 0.384 e. The van der Waals surface area contributed by atoms with Crippen molar-refractivity contribution in [3.05, 3.63) is 76.3 Å². The molecule has 0 atom stereocenters. The van der Waals surface area contributed by atoms with E-state index in [0.717, 1.165) is 15.6 Å². The molecule has 2 aromatic rings. The first-order chi connectivity index (χ1) is 9.24. The van der Waals surface area contributed by atoms with E-state index in [4.69, 9.17) is 5.73 Å². The monoisotopic (exact) mass is 350 g/mol. The first kappa shape index (κ1) is 16.5. The molecule has 0 aliphatic carbocycles. The number of rotatable bonds is 4. The molecular formula is C16H16BrClN2. The van der Waals surface area contributed by atoms with E-state index in [2.05, 4.69) is 20.9 Å². The van der Waals surface area contributed by atoms with Crippen LogP contribution in [0.2, 0.25) is 0 Å². The summed E-state index contributed by atoms with van der Waals surface area (Å²) < 4.78 is 1.05. The van der Waals surface area contributed by atoms with Crippen molar-refractivity contribution in [2.24, 2.45) is 10.7 Å². The zero-order valence-corrected chi connectivity index (χ0v) is 13.3. The van der Waals surface area contributed by atoms with Gasteiger partial charge in [0.05, 0.1) is 6.54 Å². The Morgan fingerprint density at radius 1 is 1.10 bits per heavy atom. The highest BCUT2D eigenvalue weighted by molar-refractivity contribution is 9.10. The third kappa shape index (κ3) is 5.59. The second kappa shape index (κ2) is 8.56. The Balaban J connectivity index is 0.00000200. The van der Waals surface area contributed by atoms with E-state index in [1.165, 1.54) is 0 Å². The Kier molecular flexibility index (Phi) is 7.05. The zero-order valence-electron chi connectivity index (χ0n) is 10.9. The number of nitrogens with two attached hydrogens (primary N) is 1. The lowest BCUT2D eigenvalue weighted by molar-refractivity contribution is 1.06. The van der Waals surface area contributed by atoms with Gasteiger partial charge < -0.3 is 5.73 Å². The van der Waals surface area contributed by atoms with Crippen molar-refractivity contribution in [1.82, 2.24) is 0 Å². The summed E-state index contributed by atoms with van der Waals surface area (Å²) >= 11 is 3.44. The van der Waals surface area contributed by atoms with Crippen molar-refractivity contribution in [3.8, 4) is 0 Å². The maximum Gasteiger partial charge on any atom is 0.118 e. The van der Waals surface area contributed by atoms with Gasteiger partial charge in [-0.3, -0.25) is 4.99 Å². The van der Waals surface area contributed by atoms with Crippen molar-refractivity contribution in [2.45, 2.75) is 6.54 Å². The van der Waals surface area contributed by atoms with Gasteiger partial charge in [0.15, 0.2) is 0 Å². The maximum atomic E-state index is 5.86. The molecule has 0 aliphatic heterocycles. The molecule has 0 unspecified atom stereocenters. The summed E-state index contributed by atoms with van der Waals surface area (Å²) in [5.74, 6) is 0.531. The Morgan fingerprint density at radius 3 is 2.55 bits per heavy atom. The van der Waals surface area contributed by atoms with Crippen molar-refractivity contribution in [2.75, 3.05) is 0 Å². The second-order valence-electron chi connectivity index (χ2n) is 4.12. The van der Waals surface area contributed by atoms with Crippen LogP contribution in [0.25, 0.3) is 6.08 Å². The van der Waals surface area contributed by atoms with E-state index >= 15 is 0 Å². The third-order valence-corrected chi connectivity index (χ3v) is 3.07. The van der Waals surface area contributed by atoms with Crippen molar-refractivity contribution in [1.29, 1.82) is 0 Å². The molecule has 4 heteroatoms. The lowest BCUT2D eigenvalue weighted by Crippen LogP contribution is -2.07. The summed E-state index contributed by atoms with van der Waals surface area (Å²) in [6, 6.07) is 18.1. The van der Waals surface area contributed by atoms with Gasteiger partial charge in [-0.25, -0.2) is 0 Å². The van der Waals surface area contributed by atoms with Crippen LogP contribution in [0, 0.1) is 0 Å². The second-order valence-corrected chi connectivity index (χ2v) is 5.03. The summed E-state index contributed by atoms with van der Waals surface area (Å²) in [5.41, 5.74) is 8.10. The number of hydrogen-bond donors (Lipinski definition) is 1. The van der Waals surface area contributed by atoms with Gasteiger partial charge in [-0.2, -0.15) is 0 Å². The van der Waals surface area contributed by atoms with Crippen LogP contribution in [-0.2, 0) is 6.54 Å². The standard InChI is InChI=1S/C16H15BrN2.ClH/c17-15-8-4-7-14(11-15)12-19-16(18)10-9-13-5-2-1-3-6-13;/h1-11H,12H2,(H2,18,19);1H/b10-9+;. The van der Waals surface area contributed by atoms with Crippen LogP contribution >= 0.6 is 28.3 Å². The van der Waals surface area contributed by atoms with Crippen molar-refractivity contribution >= 4 is 40.2 Å². The Labute approximate surface area is 134 Å². The Bertz CT molecular complexity index is 594. The first-order valence-corrected chi connectivity index (χ1v) is 6.81. The van der Waals surface area contributed by atoms with Crippen molar-refractivity contribution < 1.29 is 0 Å². The van der Waals surface area contributed by atoms with Crippen LogP contribution < -0.4 is 5.73 Å². The summed E-state index contributed by atoms with van der Waals surface area (Å²) in [6.07, 6.45) is 3.78. The molecule has 0 saturated carbocycles. The van der Waals surface area contributed by atoms with E-state index in [9.17, 15) is 0 Å². The van der Waals surface area contributed by atoms with Gasteiger partial charge in [-0.15, -0.1) is 12.4 Å². The van der Waals surface area contributed by atoms with Gasteiger partial charge in [-0.05, 0) is 29.3 Å². The smallest absolute Gasteiger partial charge is 0.118 e. The molecule has 0 radical (unpaired) electrons. The van der Waals surface area contributed by atoms with Crippen LogP contribution in [0.5, 0.6) is 0 Å². The van der Waals surface area contributed by atoms with Gasteiger partial charge in [-0.1, -0.05) is 64.5 Å². The van der Waals surface area contributed by atoms with Crippen LogP contribution in [0.15, 0.2) is 70.1 Å². The number of hydrogen-bond acceptors (Lipinski definition) is 1. The fourth-order valence-electron chi connectivity index (χ4n) is 1.62. The predicted octanol–water partition coefficient (Wildman–Crippen LogP) is 4.44. The van der Waals surface area contributed by atoms with Gasteiger partial charge in [0.1, 0.15) is 5.84 Å². The highest BCUT2D eigenvalue weighted by Crippen LogP contribution is 2.12. The minimum absolute atomic E-state index is 0. The SMILES string of the molecule is Cl.NC(/C=C/c1ccccc1)=NCc1cccc(Br)c1. The lowest BCUT2D eigenvalue weighted by Gasteiger charge is -1.98. The fraction of sp³-hybridized carbons (Fsp3) is 0.0625. The van der Waals surface area contributed by atoms with E-state index in [-0.39, 0.29) is 12.4 Å². The quantitative estimate of drug-likeness (QED) is 0.642. The average Bonchev–Trinajstić information content (AvgIpc) is 2.44. The van der Waals surface area contributed by atoms with Crippen LogP contribution in [0.1, 0.15) is 11.1 Å². The number of nitrogens with zero attached hydrogens (tertiary/aromatic N) is 1. The number of aliphatic imine (C=N–C) groups is 1. The summed E-state index contributed by atoms with van der Waals surface area (Å²) in [6.45, 7) is 0.588. The van der Waals surface area contributed by atoms with Gasteiger partial charge in [0.2, 0.25) is 0 Å². The topological polar surface area (TPSA) is 38.4 Å². The molecule has 0 spiro atoms. The minimum Gasteiger partial charge on any atom is -0.384 e. The fourth-order valence-corrected chi connectivity index (χ4v) is 2.06. The molecule has 2 nitrogen and oxygen atoms in total. The molecule has 2 aromatic carbocycles. The molecule has 0 saturated heterocycles. The molecule has 0 aliphatic rings. The third-order valence-electron chi connectivity index (χ3n) is 2.58. The van der Waals surface area contributed by atoms with E-state index < -0.39 is 0 Å². The van der Waals surface area contributed by atoms with E-state index in [1.807, 2.05) is 66.7 Å². The Hall–Kier alpha value is -1.58. The molecule has 0 aromatic heterocycles. The molecule has 0 amide bonds. The highest BCUT2D eigenvalue weighted by atomic mass is 79.9. The summed E-state index contributed by atoms with van der Waals surface area (Å²) in [5, 5.41) is 0. The zero-order chi connectivity index (χ0) is 13.5. The van der Waals surface area contributed by atoms with Gasteiger partial charge >= 0.3 is 0 Å². The molecule has 0 heterocycles. The minimum atomic E-state index is 0.